The molecule has 1 aromatic carbocycles. The van der Waals surface area contributed by atoms with Crippen LogP contribution in [-0.2, 0) is 0 Å². The molecular weight excluding hydrogens is 188 g/mol. The lowest BCUT2D eigenvalue weighted by Crippen LogP contribution is -2.16. The minimum Gasteiger partial charge on any atom is -0.387 e. The van der Waals surface area contributed by atoms with Crippen LogP contribution in [0.2, 0.25) is 0 Å². The van der Waals surface area contributed by atoms with E-state index < -0.39 is 12.5 Å². The molecule has 0 heterocycles. The van der Waals surface area contributed by atoms with Gasteiger partial charge < -0.3 is 10.4 Å². The summed E-state index contributed by atoms with van der Waals surface area (Å²) < 4.78 is 24.3. The van der Waals surface area contributed by atoms with Crippen LogP contribution in [-0.4, -0.2) is 18.7 Å². The highest BCUT2D eigenvalue weighted by atomic mass is 19.3. The predicted molar refractivity (Wildman–Crippen MR) is 50.3 cm³/mol. The van der Waals surface area contributed by atoms with Gasteiger partial charge in [-0.2, -0.15) is 0 Å². The van der Waals surface area contributed by atoms with E-state index in [0.29, 0.717) is 12.1 Å². The van der Waals surface area contributed by atoms with Crippen molar-refractivity contribution in [2.45, 2.75) is 12.5 Å². The number of likely N-dealkylation sites (N-methyl/N-ethyl adjacent to an activating group) is 1. The van der Waals surface area contributed by atoms with Crippen LogP contribution < -0.4 is 5.32 Å². The van der Waals surface area contributed by atoms with E-state index in [1.54, 1.807) is 7.05 Å². The normalized spacial score (nSPS) is 13.2. The Morgan fingerprint density at radius 3 is 2.14 bits per heavy atom. The number of rotatable bonds is 4. The molecule has 1 unspecified atom stereocenters. The molecule has 0 amide bonds. The predicted octanol–water partition coefficient (Wildman–Crippen LogP) is 1.88. The van der Waals surface area contributed by atoms with Gasteiger partial charge in [-0.15, -0.1) is 0 Å². The van der Waals surface area contributed by atoms with Gasteiger partial charge in [-0.1, -0.05) is 24.3 Å². The lowest BCUT2D eigenvalue weighted by Gasteiger charge is -2.10. The molecule has 0 spiro atoms. The van der Waals surface area contributed by atoms with Gasteiger partial charge in [0.15, 0.2) is 0 Å². The number of benzene rings is 1. The maximum atomic E-state index is 12.2. The zero-order chi connectivity index (χ0) is 10.6. The number of halogens is 2. The highest BCUT2D eigenvalue weighted by molar-refractivity contribution is 5.24. The Kier molecular flexibility index (Phi) is 3.98. The van der Waals surface area contributed by atoms with Crippen LogP contribution in [0.15, 0.2) is 24.3 Å². The van der Waals surface area contributed by atoms with Crippen molar-refractivity contribution >= 4 is 0 Å². The highest BCUT2D eigenvalue weighted by Gasteiger charge is 2.09. The van der Waals surface area contributed by atoms with Gasteiger partial charge in [-0.25, -0.2) is 8.78 Å². The quantitative estimate of drug-likeness (QED) is 0.779. The van der Waals surface area contributed by atoms with E-state index in [1.807, 2.05) is 0 Å². The average molecular weight is 201 g/mol. The molecule has 0 fully saturated rings. The van der Waals surface area contributed by atoms with Gasteiger partial charge in [-0.3, -0.25) is 0 Å². The van der Waals surface area contributed by atoms with Crippen LogP contribution in [0.5, 0.6) is 0 Å². The summed E-state index contributed by atoms with van der Waals surface area (Å²) in [6.07, 6.45) is -3.10. The average Bonchev–Trinajstić information content (AvgIpc) is 2.18. The largest absolute Gasteiger partial charge is 0.387 e. The van der Waals surface area contributed by atoms with Crippen LogP contribution in [0, 0.1) is 0 Å². The molecule has 0 aliphatic rings. The Morgan fingerprint density at radius 2 is 1.71 bits per heavy atom. The van der Waals surface area contributed by atoms with Gasteiger partial charge in [0.1, 0.15) is 0 Å². The lowest BCUT2D eigenvalue weighted by atomic mass is 10.1. The van der Waals surface area contributed by atoms with Crippen molar-refractivity contribution in [3.05, 3.63) is 35.4 Å². The third-order valence-electron chi connectivity index (χ3n) is 1.97. The van der Waals surface area contributed by atoms with E-state index in [9.17, 15) is 13.9 Å². The second-order valence-corrected chi connectivity index (χ2v) is 3.04. The zero-order valence-electron chi connectivity index (χ0n) is 7.87. The van der Waals surface area contributed by atoms with Gasteiger partial charge in [0, 0.05) is 12.1 Å². The highest BCUT2D eigenvalue weighted by Crippen LogP contribution is 2.20. The Morgan fingerprint density at radius 1 is 1.21 bits per heavy atom. The maximum Gasteiger partial charge on any atom is 0.263 e. The Labute approximate surface area is 81.6 Å². The summed E-state index contributed by atoms with van der Waals surface area (Å²) in [5, 5.41) is 12.3. The minimum atomic E-state index is -2.45. The fourth-order valence-electron chi connectivity index (χ4n) is 1.17. The summed E-state index contributed by atoms with van der Waals surface area (Å²) in [5.41, 5.74) is 0.620. The number of aliphatic hydroxyl groups excluding tert-OH is 1. The van der Waals surface area contributed by atoms with E-state index in [2.05, 4.69) is 5.32 Å². The first-order valence-electron chi connectivity index (χ1n) is 4.36. The zero-order valence-corrected chi connectivity index (χ0v) is 7.87. The van der Waals surface area contributed by atoms with Gasteiger partial charge in [-0.05, 0) is 12.6 Å². The number of aliphatic hydroxyl groups is 1. The van der Waals surface area contributed by atoms with Crippen molar-refractivity contribution in [3.8, 4) is 0 Å². The third kappa shape index (κ3) is 2.75. The Balaban J connectivity index is 2.72. The van der Waals surface area contributed by atoms with E-state index in [1.165, 1.54) is 24.3 Å². The first-order valence-corrected chi connectivity index (χ1v) is 4.36. The number of hydrogen-bond donors (Lipinski definition) is 2. The fourth-order valence-corrected chi connectivity index (χ4v) is 1.17. The van der Waals surface area contributed by atoms with Crippen LogP contribution in [0.3, 0.4) is 0 Å². The van der Waals surface area contributed by atoms with Crippen LogP contribution in [0.4, 0.5) is 8.78 Å². The summed E-state index contributed by atoms with van der Waals surface area (Å²) >= 11 is 0. The summed E-state index contributed by atoms with van der Waals surface area (Å²) in [6.45, 7) is 0.411. The fraction of sp³-hybridized carbons (Fsp3) is 0.400. The van der Waals surface area contributed by atoms with E-state index in [-0.39, 0.29) is 5.56 Å². The Bertz CT molecular complexity index is 274. The first-order chi connectivity index (χ1) is 6.65. The Hall–Kier alpha value is -1.00. The molecule has 0 radical (unpaired) electrons. The molecule has 0 aromatic heterocycles. The van der Waals surface area contributed by atoms with E-state index >= 15 is 0 Å². The molecule has 2 N–H and O–H groups in total. The molecule has 1 rings (SSSR count). The molecular formula is C10H13F2NO. The van der Waals surface area contributed by atoms with E-state index in [0.717, 1.165) is 0 Å². The topological polar surface area (TPSA) is 32.3 Å². The van der Waals surface area contributed by atoms with E-state index in [4.69, 9.17) is 0 Å². The summed E-state index contributed by atoms with van der Waals surface area (Å²) in [4.78, 5) is 0. The van der Waals surface area contributed by atoms with Crippen LogP contribution >= 0.6 is 0 Å². The molecule has 14 heavy (non-hydrogen) atoms. The smallest absolute Gasteiger partial charge is 0.263 e. The van der Waals surface area contributed by atoms with Crippen molar-refractivity contribution in [1.82, 2.24) is 5.32 Å². The molecule has 78 valence electrons. The summed E-state index contributed by atoms with van der Waals surface area (Å²) in [7, 11) is 1.72. The van der Waals surface area contributed by atoms with Gasteiger partial charge in [0.2, 0.25) is 0 Å². The molecule has 1 aromatic rings. The molecule has 0 saturated carbocycles. The monoisotopic (exact) mass is 201 g/mol. The minimum absolute atomic E-state index is 0.0228. The molecule has 0 aliphatic carbocycles. The SMILES string of the molecule is CNCC(O)c1ccc(C(F)F)cc1. The number of alkyl halides is 2. The number of hydrogen-bond acceptors (Lipinski definition) is 2. The number of nitrogens with one attached hydrogen (secondary N) is 1. The van der Waals surface area contributed by atoms with Crippen molar-refractivity contribution < 1.29 is 13.9 Å². The molecule has 2 nitrogen and oxygen atoms in total. The van der Waals surface area contributed by atoms with Crippen molar-refractivity contribution in [3.63, 3.8) is 0 Å². The van der Waals surface area contributed by atoms with Gasteiger partial charge in [0.05, 0.1) is 6.10 Å². The third-order valence-corrected chi connectivity index (χ3v) is 1.97. The van der Waals surface area contributed by atoms with Crippen LogP contribution in [0.25, 0.3) is 0 Å². The van der Waals surface area contributed by atoms with Crippen molar-refractivity contribution in [2.24, 2.45) is 0 Å². The molecule has 0 bridgehead atoms. The van der Waals surface area contributed by atoms with Gasteiger partial charge >= 0.3 is 0 Å². The summed E-state index contributed by atoms with van der Waals surface area (Å²) in [5.74, 6) is 0. The van der Waals surface area contributed by atoms with Crippen molar-refractivity contribution in [1.29, 1.82) is 0 Å². The molecule has 4 heteroatoms. The second-order valence-electron chi connectivity index (χ2n) is 3.04. The van der Waals surface area contributed by atoms with Crippen molar-refractivity contribution in [2.75, 3.05) is 13.6 Å². The van der Waals surface area contributed by atoms with Crippen LogP contribution in [0.1, 0.15) is 23.7 Å². The maximum absolute atomic E-state index is 12.2. The molecule has 1 atom stereocenters. The first kappa shape index (κ1) is 11.1. The standard InChI is InChI=1S/C10H13F2NO/c1-13-6-9(14)7-2-4-8(5-3-7)10(11)12/h2-5,9-10,13-14H,6H2,1H3. The lowest BCUT2D eigenvalue weighted by molar-refractivity contribution is 0.151. The molecule has 0 aliphatic heterocycles. The summed E-state index contributed by atoms with van der Waals surface area (Å²) in [6, 6.07) is 5.70. The second kappa shape index (κ2) is 5.02. The molecule has 0 saturated heterocycles. The van der Waals surface area contributed by atoms with Gasteiger partial charge in [0.25, 0.3) is 6.43 Å².